The number of ether oxygens (including phenoxy) is 1. The zero-order valence-electron chi connectivity index (χ0n) is 10.2. The van der Waals surface area contributed by atoms with Crippen molar-refractivity contribution in [3.63, 3.8) is 0 Å². The third-order valence-corrected chi connectivity index (χ3v) is 2.82. The van der Waals surface area contributed by atoms with Crippen LogP contribution < -0.4 is 0 Å². The molecule has 0 saturated heterocycles. The Bertz CT molecular complexity index is 207. The molecule has 0 rings (SSSR count). The van der Waals surface area contributed by atoms with Crippen LogP contribution in [0.15, 0.2) is 0 Å². The van der Waals surface area contributed by atoms with Crippen molar-refractivity contribution in [2.24, 2.45) is 11.8 Å². The number of carbonyl (C=O) groups is 2. The van der Waals surface area contributed by atoms with Crippen LogP contribution in [0.25, 0.3) is 0 Å². The van der Waals surface area contributed by atoms with Gasteiger partial charge in [-0.2, -0.15) is 0 Å². The van der Waals surface area contributed by atoms with Gasteiger partial charge in [0, 0.05) is 6.42 Å². The molecule has 0 fully saturated rings. The maximum atomic E-state index is 11.8. The molecule has 0 spiro atoms. The van der Waals surface area contributed by atoms with Crippen molar-refractivity contribution in [3.05, 3.63) is 0 Å². The molecule has 3 nitrogen and oxygen atoms in total. The van der Waals surface area contributed by atoms with E-state index in [1.165, 1.54) is 7.11 Å². The first-order valence-corrected chi connectivity index (χ1v) is 5.72. The molecule has 1 atom stereocenters. The second kappa shape index (κ2) is 7.43. The van der Waals surface area contributed by atoms with Crippen molar-refractivity contribution >= 4 is 11.8 Å². The highest BCUT2D eigenvalue weighted by Crippen LogP contribution is 2.23. The van der Waals surface area contributed by atoms with E-state index in [2.05, 4.69) is 0 Å². The van der Waals surface area contributed by atoms with E-state index in [1.807, 2.05) is 20.8 Å². The lowest BCUT2D eigenvalue weighted by atomic mass is 9.83. The highest BCUT2D eigenvalue weighted by molar-refractivity contribution is 5.99. The number of ketones is 1. The Labute approximate surface area is 92.2 Å². The standard InChI is InChI=1S/C12H22O3/c1-5-8-10(13)11(12(14)15-4)9(6-2)7-3/h9,11H,5-8H2,1-4H3. The summed E-state index contributed by atoms with van der Waals surface area (Å²) in [7, 11) is 1.34. The van der Waals surface area contributed by atoms with Gasteiger partial charge in [-0.05, 0) is 12.3 Å². The number of hydrogen-bond acceptors (Lipinski definition) is 3. The molecule has 0 aliphatic rings. The summed E-state index contributed by atoms with van der Waals surface area (Å²) in [6.45, 7) is 5.95. The Morgan fingerprint density at radius 2 is 1.67 bits per heavy atom. The van der Waals surface area contributed by atoms with Crippen molar-refractivity contribution in [1.29, 1.82) is 0 Å². The quantitative estimate of drug-likeness (QED) is 0.483. The molecule has 0 aromatic carbocycles. The zero-order valence-corrected chi connectivity index (χ0v) is 10.2. The van der Waals surface area contributed by atoms with Crippen LogP contribution in [0.5, 0.6) is 0 Å². The van der Waals surface area contributed by atoms with Gasteiger partial charge in [-0.15, -0.1) is 0 Å². The van der Waals surface area contributed by atoms with E-state index in [0.717, 1.165) is 19.3 Å². The molecular weight excluding hydrogens is 192 g/mol. The topological polar surface area (TPSA) is 43.4 Å². The van der Waals surface area contributed by atoms with Crippen molar-refractivity contribution in [3.8, 4) is 0 Å². The van der Waals surface area contributed by atoms with Crippen LogP contribution in [0.4, 0.5) is 0 Å². The fourth-order valence-electron chi connectivity index (χ4n) is 1.88. The first-order chi connectivity index (χ1) is 7.12. The third-order valence-electron chi connectivity index (χ3n) is 2.82. The lowest BCUT2D eigenvalue weighted by molar-refractivity contribution is -0.152. The molecule has 88 valence electrons. The van der Waals surface area contributed by atoms with Gasteiger partial charge in [0.15, 0.2) is 0 Å². The third kappa shape index (κ3) is 4.02. The molecule has 0 heterocycles. The van der Waals surface area contributed by atoms with Crippen molar-refractivity contribution in [2.75, 3.05) is 7.11 Å². The van der Waals surface area contributed by atoms with Crippen molar-refractivity contribution in [2.45, 2.75) is 46.5 Å². The molecule has 0 radical (unpaired) electrons. The maximum absolute atomic E-state index is 11.8. The molecule has 15 heavy (non-hydrogen) atoms. The van der Waals surface area contributed by atoms with Gasteiger partial charge < -0.3 is 4.74 Å². The van der Waals surface area contributed by atoms with Crippen LogP contribution in [-0.4, -0.2) is 18.9 Å². The minimum Gasteiger partial charge on any atom is -0.468 e. The second-order valence-corrected chi connectivity index (χ2v) is 3.79. The Kier molecular flexibility index (Phi) is 7.01. The Balaban J connectivity index is 4.70. The molecule has 0 aliphatic heterocycles. The van der Waals surface area contributed by atoms with Crippen LogP contribution >= 0.6 is 0 Å². The molecule has 0 aromatic heterocycles. The van der Waals surface area contributed by atoms with Gasteiger partial charge in [0.05, 0.1) is 7.11 Å². The average molecular weight is 214 g/mol. The van der Waals surface area contributed by atoms with E-state index in [9.17, 15) is 9.59 Å². The molecule has 0 N–H and O–H groups in total. The largest absolute Gasteiger partial charge is 0.468 e. The molecule has 0 amide bonds. The van der Waals surface area contributed by atoms with Crippen molar-refractivity contribution in [1.82, 2.24) is 0 Å². The predicted octanol–water partition coefficient (Wildman–Crippen LogP) is 2.58. The van der Waals surface area contributed by atoms with E-state index in [4.69, 9.17) is 4.74 Å². The highest BCUT2D eigenvalue weighted by atomic mass is 16.5. The summed E-state index contributed by atoms with van der Waals surface area (Å²) in [5.41, 5.74) is 0. The second-order valence-electron chi connectivity index (χ2n) is 3.79. The summed E-state index contributed by atoms with van der Waals surface area (Å²) in [6.07, 6.45) is 2.93. The first kappa shape index (κ1) is 14.1. The Hall–Kier alpha value is -0.860. The summed E-state index contributed by atoms with van der Waals surface area (Å²) < 4.78 is 4.70. The molecular formula is C12H22O3. The SMILES string of the molecule is CCCC(=O)C(C(=O)OC)C(CC)CC. The summed E-state index contributed by atoms with van der Waals surface area (Å²) >= 11 is 0. The molecule has 0 aromatic rings. The first-order valence-electron chi connectivity index (χ1n) is 5.72. The van der Waals surface area contributed by atoms with Crippen LogP contribution in [-0.2, 0) is 14.3 Å². The number of Topliss-reactive ketones (excluding diaryl/α,β-unsaturated/α-hetero) is 1. The molecule has 3 heteroatoms. The lowest BCUT2D eigenvalue weighted by Crippen LogP contribution is -2.32. The normalized spacial score (nSPS) is 12.6. The van der Waals surface area contributed by atoms with Crippen LogP contribution in [0.2, 0.25) is 0 Å². The number of methoxy groups -OCH3 is 1. The number of esters is 1. The van der Waals surface area contributed by atoms with Crippen LogP contribution in [0.3, 0.4) is 0 Å². The summed E-state index contributed by atoms with van der Waals surface area (Å²) in [5, 5.41) is 0. The van der Waals surface area contributed by atoms with Gasteiger partial charge in [-0.3, -0.25) is 9.59 Å². The van der Waals surface area contributed by atoms with Gasteiger partial charge in [-0.25, -0.2) is 0 Å². The Morgan fingerprint density at radius 3 is 2.00 bits per heavy atom. The molecule has 0 bridgehead atoms. The van der Waals surface area contributed by atoms with Gasteiger partial charge in [0.25, 0.3) is 0 Å². The van der Waals surface area contributed by atoms with Gasteiger partial charge in [-0.1, -0.05) is 33.6 Å². The Morgan fingerprint density at radius 1 is 1.13 bits per heavy atom. The fourth-order valence-corrected chi connectivity index (χ4v) is 1.88. The van der Waals surface area contributed by atoms with E-state index in [0.29, 0.717) is 6.42 Å². The zero-order chi connectivity index (χ0) is 11.8. The van der Waals surface area contributed by atoms with Crippen molar-refractivity contribution < 1.29 is 14.3 Å². The average Bonchev–Trinajstić information content (AvgIpc) is 2.24. The minimum atomic E-state index is -0.551. The summed E-state index contributed by atoms with van der Waals surface area (Å²) in [5.74, 6) is -0.776. The fraction of sp³-hybridized carbons (Fsp3) is 0.833. The van der Waals surface area contributed by atoms with Gasteiger partial charge in [0.1, 0.15) is 11.7 Å². The van der Waals surface area contributed by atoms with E-state index in [1.54, 1.807) is 0 Å². The number of hydrogen-bond donors (Lipinski definition) is 0. The summed E-state index contributed by atoms with van der Waals surface area (Å²) in [6, 6.07) is 0. The minimum absolute atomic E-state index is 0.0260. The maximum Gasteiger partial charge on any atom is 0.316 e. The van der Waals surface area contributed by atoms with Crippen LogP contribution in [0.1, 0.15) is 46.5 Å². The highest BCUT2D eigenvalue weighted by Gasteiger charge is 2.32. The molecule has 1 unspecified atom stereocenters. The molecule has 0 aliphatic carbocycles. The van der Waals surface area contributed by atoms with E-state index < -0.39 is 5.92 Å². The lowest BCUT2D eigenvalue weighted by Gasteiger charge is -2.21. The molecule has 0 saturated carbocycles. The smallest absolute Gasteiger partial charge is 0.316 e. The van der Waals surface area contributed by atoms with Crippen LogP contribution in [0, 0.1) is 11.8 Å². The van der Waals surface area contributed by atoms with Gasteiger partial charge >= 0.3 is 5.97 Å². The number of carbonyl (C=O) groups excluding carboxylic acids is 2. The predicted molar refractivity (Wildman–Crippen MR) is 59.5 cm³/mol. The number of rotatable bonds is 7. The van der Waals surface area contributed by atoms with E-state index >= 15 is 0 Å². The summed E-state index contributed by atoms with van der Waals surface area (Å²) in [4.78, 5) is 23.3. The van der Waals surface area contributed by atoms with Gasteiger partial charge in [0.2, 0.25) is 0 Å². The monoisotopic (exact) mass is 214 g/mol. The van der Waals surface area contributed by atoms with E-state index in [-0.39, 0.29) is 17.7 Å².